The second-order valence-corrected chi connectivity index (χ2v) is 6.11. The molecule has 2 aromatic rings. The molecule has 2 rings (SSSR count). The predicted molar refractivity (Wildman–Crippen MR) is 95.0 cm³/mol. The molecule has 0 spiro atoms. The molecule has 1 N–H and O–H groups in total. The number of nitrogens with zero attached hydrogens (tertiary/aromatic N) is 1. The van der Waals surface area contributed by atoms with Gasteiger partial charge in [0.2, 0.25) is 0 Å². The van der Waals surface area contributed by atoms with E-state index in [0.717, 1.165) is 11.1 Å². The summed E-state index contributed by atoms with van der Waals surface area (Å²) < 4.78 is 5.08. The zero-order valence-corrected chi connectivity index (χ0v) is 14.8. The van der Waals surface area contributed by atoms with Crippen molar-refractivity contribution in [2.45, 2.75) is 27.0 Å². The van der Waals surface area contributed by atoms with Crippen molar-refractivity contribution in [1.29, 1.82) is 0 Å². The molecule has 0 radical (unpaired) electrons. The third-order valence-corrected chi connectivity index (χ3v) is 4.03. The van der Waals surface area contributed by atoms with Gasteiger partial charge in [-0.2, -0.15) is 0 Å². The van der Waals surface area contributed by atoms with Crippen LogP contribution < -0.4 is 0 Å². The molecule has 1 amide bonds. The molecule has 0 unspecified atom stereocenters. The largest absolute Gasteiger partial charge is 0.452 e. The molecule has 0 aliphatic heterocycles. The molecular formula is C20H23NO4. The molecule has 0 saturated carbocycles. The minimum absolute atomic E-state index is 0.0863. The summed E-state index contributed by atoms with van der Waals surface area (Å²) in [5.41, 5.74) is 4.42. The molecule has 2 aromatic carbocycles. The summed E-state index contributed by atoms with van der Waals surface area (Å²) >= 11 is 0. The molecule has 132 valence electrons. The molecule has 0 saturated heterocycles. The molecule has 0 bridgehead atoms. The lowest BCUT2D eigenvalue weighted by Gasteiger charge is -2.18. The van der Waals surface area contributed by atoms with Crippen molar-refractivity contribution < 1.29 is 19.4 Å². The van der Waals surface area contributed by atoms with E-state index in [4.69, 9.17) is 9.84 Å². The Bertz CT molecular complexity index is 753. The van der Waals surface area contributed by atoms with Gasteiger partial charge >= 0.3 is 5.97 Å². The van der Waals surface area contributed by atoms with Gasteiger partial charge in [0.05, 0.1) is 12.2 Å². The number of carbonyl (C=O) groups is 2. The van der Waals surface area contributed by atoms with E-state index in [1.54, 1.807) is 36.2 Å². The zero-order chi connectivity index (χ0) is 18.4. The van der Waals surface area contributed by atoms with Crippen molar-refractivity contribution in [2.75, 3.05) is 13.7 Å². The molecule has 5 nitrogen and oxygen atoms in total. The van der Waals surface area contributed by atoms with Gasteiger partial charge in [0.25, 0.3) is 5.91 Å². The van der Waals surface area contributed by atoms with Gasteiger partial charge in [-0.1, -0.05) is 35.9 Å². The van der Waals surface area contributed by atoms with Crippen molar-refractivity contribution in [1.82, 2.24) is 4.90 Å². The molecule has 0 aliphatic carbocycles. The van der Waals surface area contributed by atoms with Crippen LogP contribution in [-0.4, -0.2) is 35.5 Å². The first kappa shape index (κ1) is 18.7. The van der Waals surface area contributed by atoms with Crippen LogP contribution in [-0.2, 0) is 22.7 Å². The molecule has 0 fully saturated rings. The van der Waals surface area contributed by atoms with Gasteiger partial charge in [0.1, 0.15) is 0 Å². The number of hydrogen-bond donors (Lipinski definition) is 1. The number of aliphatic hydroxyl groups excluding tert-OH is 1. The van der Waals surface area contributed by atoms with E-state index in [2.05, 4.69) is 6.07 Å². The summed E-state index contributed by atoms with van der Waals surface area (Å²) in [7, 11) is 1.69. The summed E-state index contributed by atoms with van der Waals surface area (Å²) in [5.74, 6) is -0.821. The van der Waals surface area contributed by atoms with E-state index in [1.165, 1.54) is 5.56 Å². The number of ether oxygens (including phenoxy) is 1. The van der Waals surface area contributed by atoms with E-state index in [9.17, 15) is 9.59 Å². The Morgan fingerprint density at radius 1 is 1.08 bits per heavy atom. The second kappa shape index (κ2) is 8.44. The topological polar surface area (TPSA) is 66.8 Å². The Labute approximate surface area is 147 Å². The minimum Gasteiger partial charge on any atom is -0.452 e. The Morgan fingerprint density at radius 2 is 1.76 bits per heavy atom. The van der Waals surface area contributed by atoms with Gasteiger partial charge in [-0.25, -0.2) is 4.79 Å². The third kappa shape index (κ3) is 5.16. The monoisotopic (exact) mass is 341 g/mol. The van der Waals surface area contributed by atoms with Crippen LogP contribution in [0.4, 0.5) is 0 Å². The summed E-state index contributed by atoms with van der Waals surface area (Å²) in [6.07, 6.45) is 0. The number of benzene rings is 2. The normalized spacial score (nSPS) is 10.4. The molecule has 0 heterocycles. The first-order valence-electron chi connectivity index (χ1n) is 8.07. The van der Waals surface area contributed by atoms with Crippen molar-refractivity contribution in [3.05, 3.63) is 70.3 Å². The van der Waals surface area contributed by atoms with Gasteiger partial charge in [0.15, 0.2) is 6.61 Å². The minimum atomic E-state index is -0.558. The fourth-order valence-corrected chi connectivity index (χ4v) is 2.43. The van der Waals surface area contributed by atoms with Crippen LogP contribution in [0.15, 0.2) is 42.5 Å². The highest BCUT2D eigenvalue weighted by molar-refractivity contribution is 5.91. The lowest BCUT2D eigenvalue weighted by Crippen LogP contribution is -2.31. The quantitative estimate of drug-likeness (QED) is 0.820. The van der Waals surface area contributed by atoms with Crippen molar-refractivity contribution in [3.63, 3.8) is 0 Å². The van der Waals surface area contributed by atoms with Crippen molar-refractivity contribution in [3.8, 4) is 0 Å². The maximum atomic E-state index is 12.2. The standard InChI is InChI=1S/C20H23NO4/c1-14-4-7-18(15(2)10-14)11-21(3)19(23)13-25-20(24)17-8-5-16(12-22)6-9-17/h4-10,22H,11-13H2,1-3H3. The first-order valence-corrected chi connectivity index (χ1v) is 8.07. The SMILES string of the molecule is Cc1ccc(CN(C)C(=O)COC(=O)c2ccc(CO)cc2)c(C)c1. The van der Waals surface area contributed by atoms with Crippen LogP contribution in [0.1, 0.15) is 32.6 Å². The van der Waals surface area contributed by atoms with Crippen LogP contribution in [0.2, 0.25) is 0 Å². The Kier molecular flexibility index (Phi) is 6.31. The summed E-state index contributed by atoms with van der Waals surface area (Å²) in [5, 5.41) is 8.99. The second-order valence-electron chi connectivity index (χ2n) is 6.11. The van der Waals surface area contributed by atoms with E-state index < -0.39 is 5.97 Å². The predicted octanol–water partition coefficient (Wildman–Crippen LogP) is 2.61. The number of esters is 1. The fourth-order valence-electron chi connectivity index (χ4n) is 2.43. The van der Waals surface area contributed by atoms with Crippen molar-refractivity contribution >= 4 is 11.9 Å². The third-order valence-electron chi connectivity index (χ3n) is 4.03. The molecule has 0 aliphatic rings. The number of likely N-dealkylation sites (N-methyl/N-ethyl adjacent to an activating group) is 1. The van der Waals surface area contributed by atoms with E-state index >= 15 is 0 Å². The van der Waals surface area contributed by atoms with Gasteiger partial charge in [-0.05, 0) is 42.7 Å². The zero-order valence-electron chi connectivity index (χ0n) is 14.8. The van der Waals surface area contributed by atoms with E-state index in [-0.39, 0.29) is 19.1 Å². The summed E-state index contributed by atoms with van der Waals surface area (Å²) in [4.78, 5) is 25.7. The highest BCUT2D eigenvalue weighted by Crippen LogP contribution is 2.13. The Hall–Kier alpha value is -2.66. The highest BCUT2D eigenvalue weighted by atomic mass is 16.5. The van der Waals surface area contributed by atoms with Crippen LogP contribution in [0, 0.1) is 13.8 Å². The van der Waals surface area contributed by atoms with Gasteiger partial charge in [0, 0.05) is 13.6 Å². The van der Waals surface area contributed by atoms with Crippen LogP contribution in [0.3, 0.4) is 0 Å². The number of aryl methyl sites for hydroxylation is 2. The molecule has 25 heavy (non-hydrogen) atoms. The van der Waals surface area contributed by atoms with Crippen molar-refractivity contribution in [2.24, 2.45) is 0 Å². The molecule has 0 atom stereocenters. The molecule has 0 aromatic heterocycles. The number of aliphatic hydroxyl groups is 1. The highest BCUT2D eigenvalue weighted by Gasteiger charge is 2.14. The van der Waals surface area contributed by atoms with Crippen LogP contribution in [0.25, 0.3) is 0 Å². The molecule has 5 heteroatoms. The average Bonchev–Trinajstić information content (AvgIpc) is 2.61. The summed E-state index contributed by atoms with van der Waals surface area (Å²) in [6.45, 7) is 4.11. The first-order chi connectivity index (χ1) is 11.9. The smallest absolute Gasteiger partial charge is 0.338 e. The Balaban J connectivity index is 1.88. The molecular weight excluding hydrogens is 318 g/mol. The van der Waals surface area contributed by atoms with Gasteiger partial charge < -0.3 is 14.7 Å². The van der Waals surface area contributed by atoms with Gasteiger partial charge in [-0.3, -0.25) is 4.79 Å². The number of hydrogen-bond acceptors (Lipinski definition) is 4. The lowest BCUT2D eigenvalue weighted by atomic mass is 10.1. The Morgan fingerprint density at radius 3 is 2.36 bits per heavy atom. The van der Waals surface area contributed by atoms with E-state index in [0.29, 0.717) is 17.7 Å². The summed E-state index contributed by atoms with van der Waals surface area (Å²) in [6, 6.07) is 12.5. The van der Waals surface area contributed by atoms with Crippen LogP contribution >= 0.6 is 0 Å². The fraction of sp³-hybridized carbons (Fsp3) is 0.300. The number of carbonyl (C=O) groups excluding carboxylic acids is 2. The van der Waals surface area contributed by atoms with Gasteiger partial charge in [-0.15, -0.1) is 0 Å². The van der Waals surface area contributed by atoms with E-state index in [1.807, 2.05) is 26.0 Å². The van der Waals surface area contributed by atoms with Crippen LogP contribution in [0.5, 0.6) is 0 Å². The average molecular weight is 341 g/mol. The number of amides is 1. The maximum Gasteiger partial charge on any atom is 0.338 e. The maximum absolute atomic E-state index is 12.2. The lowest BCUT2D eigenvalue weighted by molar-refractivity contribution is -0.133. The number of rotatable bonds is 6.